The molecule has 1 aromatic heterocycles. The van der Waals surface area contributed by atoms with Gasteiger partial charge in [0, 0.05) is 18.5 Å². The lowest BCUT2D eigenvalue weighted by molar-refractivity contribution is -0.0225. The maximum atomic E-state index is 12.8. The molecule has 110 valence electrons. The molecule has 1 aromatic carbocycles. The molecule has 21 heavy (non-hydrogen) atoms. The van der Waals surface area contributed by atoms with Gasteiger partial charge in [-0.1, -0.05) is 36.7 Å². The predicted octanol–water partition coefficient (Wildman–Crippen LogP) is 3.14. The molecular weight excluding hydrogens is 288 g/mol. The smallest absolute Gasteiger partial charge is 0.254 e. The quantitative estimate of drug-likeness (QED) is 0.801. The second-order valence-corrected chi connectivity index (χ2v) is 5.55. The maximum absolute atomic E-state index is 12.8. The molecule has 1 aliphatic heterocycles. The lowest BCUT2D eigenvalue weighted by atomic mass is 10.1. The first-order valence-corrected chi connectivity index (χ1v) is 7.53. The van der Waals surface area contributed by atoms with E-state index < -0.39 is 0 Å². The summed E-state index contributed by atoms with van der Waals surface area (Å²) in [6, 6.07) is 9.23. The van der Waals surface area contributed by atoms with Gasteiger partial charge in [0.2, 0.25) is 0 Å². The molecular formula is C16H17ClN2O2. The van der Waals surface area contributed by atoms with Gasteiger partial charge < -0.3 is 9.64 Å². The number of aromatic nitrogens is 1. The zero-order valence-corrected chi connectivity index (χ0v) is 12.6. The fourth-order valence-electron chi connectivity index (χ4n) is 2.64. The lowest BCUT2D eigenvalue weighted by Gasteiger charge is -2.32. The van der Waals surface area contributed by atoms with E-state index in [9.17, 15) is 4.79 Å². The zero-order valence-electron chi connectivity index (χ0n) is 11.9. The molecule has 1 aliphatic rings. The number of carbonyl (C=O) groups is 1. The number of nitrogens with zero attached hydrogens (tertiary/aromatic N) is 2. The van der Waals surface area contributed by atoms with Gasteiger partial charge in [-0.2, -0.15) is 0 Å². The molecule has 2 heterocycles. The van der Waals surface area contributed by atoms with Crippen LogP contribution in [0.15, 0.2) is 30.3 Å². The monoisotopic (exact) mass is 304 g/mol. The predicted molar refractivity (Wildman–Crippen MR) is 82.7 cm³/mol. The van der Waals surface area contributed by atoms with E-state index in [-0.39, 0.29) is 12.0 Å². The molecule has 0 spiro atoms. The van der Waals surface area contributed by atoms with Crippen molar-refractivity contribution in [3.05, 3.63) is 41.0 Å². The molecule has 0 bridgehead atoms. The number of hydrogen-bond acceptors (Lipinski definition) is 3. The number of benzene rings is 1. The molecule has 0 N–H and O–H groups in total. The zero-order chi connectivity index (χ0) is 14.8. The number of rotatable bonds is 2. The molecule has 1 fully saturated rings. The summed E-state index contributed by atoms with van der Waals surface area (Å²) in [5, 5.41) is 1.18. The Labute approximate surface area is 128 Å². The van der Waals surface area contributed by atoms with Crippen LogP contribution in [0.3, 0.4) is 0 Å². The van der Waals surface area contributed by atoms with Gasteiger partial charge in [0.25, 0.3) is 5.91 Å². The van der Waals surface area contributed by atoms with Gasteiger partial charge >= 0.3 is 0 Å². The highest BCUT2D eigenvalue weighted by Crippen LogP contribution is 2.23. The number of amides is 1. The molecule has 5 heteroatoms. The first-order chi connectivity index (χ1) is 10.2. The summed E-state index contributed by atoms with van der Waals surface area (Å²) < 4.78 is 5.62. The number of ether oxygens (including phenoxy) is 1. The summed E-state index contributed by atoms with van der Waals surface area (Å²) in [6.07, 6.45) is 1.02. The van der Waals surface area contributed by atoms with Crippen molar-refractivity contribution in [2.24, 2.45) is 0 Å². The fourth-order valence-corrected chi connectivity index (χ4v) is 2.84. The average Bonchev–Trinajstić information content (AvgIpc) is 2.53. The van der Waals surface area contributed by atoms with Crippen LogP contribution in [-0.4, -0.2) is 41.6 Å². The SMILES string of the molecule is CCC1CN(C(=O)c2cc(Cl)nc3ccccc23)CCO1. The Kier molecular flexibility index (Phi) is 4.08. The Hall–Kier alpha value is -1.65. The Morgan fingerprint density at radius 3 is 3.10 bits per heavy atom. The first-order valence-electron chi connectivity index (χ1n) is 7.15. The van der Waals surface area contributed by atoms with Crippen molar-refractivity contribution in [3.8, 4) is 0 Å². The topological polar surface area (TPSA) is 42.4 Å². The maximum Gasteiger partial charge on any atom is 0.254 e. The van der Waals surface area contributed by atoms with Gasteiger partial charge in [0.05, 0.1) is 23.8 Å². The van der Waals surface area contributed by atoms with Gasteiger partial charge in [-0.3, -0.25) is 4.79 Å². The highest BCUT2D eigenvalue weighted by Gasteiger charge is 2.25. The number of fused-ring (bicyclic) bond motifs is 1. The largest absolute Gasteiger partial charge is 0.375 e. The average molecular weight is 305 g/mol. The number of halogens is 1. The first kappa shape index (κ1) is 14.3. The number of morpholine rings is 1. The molecule has 1 atom stereocenters. The van der Waals surface area contributed by atoms with E-state index >= 15 is 0 Å². The number of hydrogen-bond donors (Lipinski definition) is 0. The summed E-state index contributed by atoms with van der Waals surface area (Å²) in [5.41, 5.74) is 1.36. The van der Waals surface area contributed by atoms with Gasteiger partial charge in [-0.05, 0) is 18.6 Å². The molecule has 1 amide bonds. The van der Waals surface area contributed by atoms with Gasteiger partial charge in [-0.15, -0.1) is 0 Å². The minimum atomic E-state index is -0.00255. The number of carbonyl (C=O) groups excluding carboxylic acids is 1. The molecule has 1 saturated heterocycles. The summed E-state index contributed by atoms with van der Waals surface area (Å²) in [4.78, 5) is 18.9. The molecule has 0 radical (unpaired) electrons. The Bertz CT molecular complexity index is 674. The van der Waals surface area contributed by atoms with Crippen LogP contribution < -0.4 is 0 Å². The van der Waals surface area contributed by atoms with Crippen molar-refractivity contribution in [1.82, 2.24) is 9.88 Å². The van der Waals surface area contributed by atoms with Crippen LogP contribution in [0.4, 0.5) is 0 Å². The van der Waals surface area contributed by atoms with Crippen molar-refractivity contribution >= 4 is 28.4 Å². The minimum Gasteiger partial charge on any atom is -0.375 e. The van der Waals surface area contributed by atoms with E-state index in [0.717, 1.165) is 17.3 Å². The van der Waals surface area contributed by atoms with E-state index in [0.29, 0.717) is 30.4 Å². The van der Waals surface area contributed by atoms with Crippen LogP contribution in [0.1, 0.15) is 23.7 Å². The molecule has 4 nitrogen and oxygen atoms in total. The summed E-state index contributed by atoms with van der Waals surface area (Å²) >= 11 is 6.06. The van der Waals surface area contributed by atoms with E-state index in [1.54, 1.807) is 6.07 Å². The van der Waals surface area contributed by atoms with Crippen LogP contribution >= 0.6 is 11.6 Å². The van der Waals surface area contributed by atoms with Crippen LogP contribution in [0.5, 0.6) is 0 Å². The second-order valence-electron chi connectivity index (χ2n) is 5.16. The molecule has 3 rings (SSSR count). The Morgan fingerprint density at radius 2 is 2.29 bits per heavy atom. The van der Waals surface area contributed by atoms with Crippen LogP contribution in [0, 0.1) is 0 Å². The Morgan fingerprint density at radius 1 is 1.48 bits per heavy atom. The van der Waals surface area contributed by atoms with E-state index in [1.165, 1.54) is 0 Å². The van der Waals surface area contributed by atoms with Crippen LogP contribution in [0.2, 0.25) is 5.15 Å². The minimum absolute atomic E-state index is 0.00255. The molecule has 2 aromatic rings. The third-order valence-electron chi connectivity index (χ3n) is 3.80. The van der Waals surface area contributed by atoms with Crippen molar-refractivity contribution in [1.29, 1.82) is 0 Å². The van der Waals surface area contributed by atoms with E-state index in [1.807, 2.05) is 29.2 Å². The fraction of sp³-hybridized carbons (Fsp3) is 0.375. The third kappa shape index (κ3) is 2.87. The highest BCUT2D eigenvalue weighted by atomic mass is 35.5. The van der Waals surface area contributed by atoms with Crippen LogP contribution in [-0.2, 0) is 4.74 Å². The van der Waals surface area contributed by atoms with Crippen molar-refractivity contribution in [3.63, 3.8) is 0 Å². The summed E-state index contributed by atoms with van der Waals surface area (Å²) in [7, 11) is 0. The van der Waals surface area contributed by atoms with Crippen molar-refractivity contribution in [2.75, 3.05) is 19.7 Å². The van der Waals surface area contributed by atoms with E-state index in [4.69, 9.17) is 16.3 Å². The van der Waals surface area contributed by atoms with Gasteiger partial charge in [0.1, 0.15) is 5.15 Å². The van der Waals surface area contributed by atoms with Gasteiger partial charge in [-0.25, -0.2) is 4.98 Å². The number of para-hydroxylation sites is 1. The number of pyridine rings is 1. The molecule has 1 unspecified atom stereocenters. The molecule has 0 saturated carbocycles. The van der Waals surface area contributed by atoms with Gasteiger partial charge in [0.15, 0.2) is 0 Å². The van der Waals surface area contributed by atoms with E-state index in [2.05, 4.69) is 11.9 Å². The second kappa shape index (κ2) is 6.00. The molecule has 0 aliphatic carbocycles. The standard InChI is InChI=1S/C16H17ClN2O2/c1-2-11-10-19(7-8-21-11)16(20)13-9-15(17)18-14-6-4-3-5-12(13)14/h3-6,9,11H,2,7-8,10H2,1H3. The summed E-state index contributed by atoms with van der Waals surface area (Å²) in [5.74, 6) is -0.00255. The summed E-state index contributed by atoms with van der Waals surface area (Å²) in [6.45, 7) is 3.89. The Balaban J connectivity index is 1.97. The van der Waals surface area contributed by atoms with Crippen molar-refractivity contribution in [2.45, 2.75) is 19.4 Å². The lowest BCUT2D eigenvalue weighted by Crippen LogP contribution is -2.45. The van der Waals surface area contributed by atoms with Crippen LogP contribution in [0.25, 0.3) is 10.9 Å². The third-order valence-corrected chi connectivity index (χ3v) is 3.99. The highest BCUT2D eigenvalue weighted by molar-refractivity contribution is 6.30. The normalized spacial score (nSPS) is 19.0. The van der Waals surface area contributed by atoms with Crippen molar-refractivity contribution < 1.29 is 9.53 Å².